The maximum atomic E-state index is 12.9. The number of allylic oxidation sites excluding steroid dienone is 3. The van der Waals surface area contributed by atoms with Crippen molar-refractivity contribution in [1.29, 1.82) is 0 Å². The molecule has 0 atom stereocenters. The number of ether oxygens (including phenoxy) is 1. The van der Waals surface area contributed by atoms with Crippen LogP contribution in [0.1, 0.15) is 11.1 Å². The maximum absolute atomic E-state index is 12.9. The maximum Gasteiger partial charge on any atom is 0.126 e. The molecule has 0 spiro atoms. The first kappa shape index (κ1) is 15.0. The lowest BCUT2D eigenvalue weighted by molar-refractivity contribution is 0.370. The van der Waals surface area contributed by atoms with Crippen LogP contribution in [0.25, 0.3) is 5.76 Å². The number of halogens is 2. The van der Waals surface area contributed by atoms with Crippen LogP contribution in [0.15, 0.2) is 66.8 Å². The lowest BCUT2D eigenvalue weighted by Crippen LogP contribution is -1.87. The smallest absolute Gasteiger partial charge is 0.126 e. The highest BCUT2D eigenvalue weighted by Crippen LogP contribution is 2.15. The summed E-state index contributed by atoms with van der Waals surface area (Å²) in [7, 11) is 1.57. The second-order valence-electron chi connectivity index (χ2n) is 4.50. The molecule has 1 nitrogen and oxygen atoms in total. The summed E-state index contributed by atoms with van der Waals surface area (Å²) >= 11 is 0. The Bertz CT molecular complexity index is 625. The fraction of sp³-hybridized carbons (Fsp3) is 0.111. The van der Waals surface area contributed by atoms with Gasteiger partial charge in [-0.1, -0.05) is 24.3 Å². The zero-order valence-electron chi connectivity index (χ0n) is 11.7. The summed E-state index contributed by atoms with van der Waals surface area (Å²) in [6.45, 7) is 0. The van der Waals surface area contributed by atoms with Gasteiger partial charge in [0.15, 0.2) is 0 Å². The van der Waals surface area contributed by atoms with Gasteiger partial charge in [0.25, 0.3) is 0 Å². The molecule has 0 aliphatic heterocycles. The molecule has 3 heteroatoms. The van der Waals surface area contributed by atoms with E-state index in [4.69, 9.17) is 4.74 Å². The minimum Gasteiger partial charge on any atom is -0.496 e. The minimum absolute atomic E-state index is 0.236. The van der Waals surface area contributed by atoms with E-state index in [1.165, 1.54) is 24.3 Å². The molecule has 0 heterocycles. The molecule has 0 aliphatic carbocycles. The Labute approximate surface area is 123 Å². The highest BCUT2D eigenvalue weighted by molar-refractivity contribution is 5.61. The summed E-state index contributed by atoms with van der Waals surface area (Å²) in [4.78, 5) is 0. The van der Waals surface area contributed by atoms with Crippen molar-refractivity contribution >= 4 is 5.76 Å². The predicted octanol–water partition coefficient (Wildman–Crippen LogP) is 4.75. The number of methoxy groups -OCH3 is 1. The summed E-state index contributed by atoms with van der Waals surface area (Å²) in [5.41, 5.74) is 1.84. The molecule has 0 fully saturated rings. The third kappa shape index (κ3) is 4.56. The molecule has 0 unspecified atom stereocenters. The summed E-state index contributed by atoms with van der Waals surface area (Å²) in [6, 6.07) is 12.5. The highest BCUT2D eigenvalue weighted by Gasteiger charge is 1.99. The second-order valence-corrected chi connectivity index (χ2v) is 4.50. The van der Waals surface area contributed by atoms with Crippen LogP contribution in [0.2, 0.25) is 0 Å². The minimum atomic E-state index is -0.277. The molecule has 2 aromatic carbocycles. The molecule has 21 heavy (non-hydrogen) atoms. The van der Waals surface area contributed by atoms with Gasteiger partial charge in [-0.15, -0.1) is 0 Å². The standard InChI is InChI=1S/C18H16F2O/c1-21-18(15-8-12-17(20)13-9-15)5-3-2-4-14-6-10-16(19)11-7-14/h2-3,5-13H,4H2,1H3/b3-2+,18-5-. The van der Waals surface area contributed by atoms with E-state index in [0.717, 1.165) is 11.1 Å². The third-order valence-corrected chi connectivity index (χ3v) is 3.00. The first-order valence-corrected chi connectivity index (χ1v) is 6.60. The van der Waals surface area contributed by atoms with Crippen molar-refractivity contribution in [2.24, 2.45) is 0 Å². The molecule has 0 aromatic heterocycles. The molecule has 0 aliphatic rings. The Morgan fingerprint density at radius 3 is 2.10 bits per heavy atom. The van der Waals surface area contributed by atoms with Crippen LogP contribution in [0.3, 0.4) is 0 Å². The Balaban J connectivity index is 2.01. The molecule has 0 saturated carbocycles. The molecule has 0 bridgehead atoms. The van der Waals surface area contributed by atoms with Gasteiger partial charge in [-0.05, 0) is 54.5 Å². The lowest BCUT2D eigenvalue weighted by Gasteiger charge is -2.04. The lowest BCUT2D eigenvalue weighted by atomic mass is 10.1. The van der Waals surface area contributed by atoms with Gasteiger partial charge in [-0.2, -0.15) is 0 Å². The van der Waals surface area contributed by atoms with Crippen LogP contribution in [0.4, 0.5) is 8.78 Å². The van der Waals surface area contributed by atoms with E-state index in [-0.39, 0.29) is 11.6 Å². The van der Waals surface area contributed by atoms with Crippen molar-refractivity contribution in [3.05, 3.63) is 89.5 Å². The van der Waals surface area contributed by atoms with Gasteiger partial charge in [-0.3, -0.25) is 0 Å². The van der Waals surface area contributed by atoms with Crippen LogP contribution in [-0.4, -0.2) is 7.11 Å². The summed E-state index contributed by atoms with van der Waals surface area (Å²) in [5.74, 6) is 0.145. The monoisotopic (exact) mass is 286 g/mol. The Morgan fingerprint density at radius 2 is 1.52 bits per heavy atom. The van der Waals surface area contributed by atoms with Gasteiger partial charge in [0.2, 0.25) is 0 Å². The van der Waals surface area contributed by atoms with E-state index in [2.05, 4.69) is 0 Å². The zero-order valence-corrected chi connectivity index (χ0v) is 11.7. The van der Waals surface area contributed by atoms with Crippen LogP contribution in [0, 0.1) is 11.6 Å². The Hall–Kier alpha value is -2.42. The van der Waals surface area contributed by atoms with Crippen LogP contribution >= 0.6 is 0 Å². The molecular weight excluding hydrogens is 270 g/mol. The third-order valence-electron chi connectivity index (χ3n) is 3.00. The van der Waals surface area contributed by atoms with Crippen molar-refractivity contribution in [3.63, 3.8) is 0 Å². The molecule has 2 rings (SSSR count). The molecule has 108 valence electrons. The van der Waals surface area contributed by atoms with Crippen LogP contribution in [0.5, 0.6) is 0 Å². The average Bonchev–Trinajstić information content (AvgIpc) is 2.50. The van der Waals surface area contributed by atoms with Gasteiger partial charge in [0.05, 0.1) is 7.11 Å². The van der Waals surface area contributed by atoms with E-state index in [0.29, 0.717) is 12.2 Å². The van der Waals surface area contributed by atoms with Crippen molar-refractivity contribution in [3.8, 4) is 0 Å². The van der Waals surface area contributed by atoms with Crippen LogP contribution < -0.4 is 0 Å². The van der Waals surface area contributed by atoms with Crippen molar-refractivity contribution < 1.29 is 13.5 Å². The molecule has 0 saturated heterocycles. The van der Waals surface area contributed by atoms with E-state index in [1.54, 1.807) is 31.4 Å². The normalized spacial score (nSPS) is 11.9. The van der Waals surface area contributed by atoms with Gasteiger partial charge in [-0.25, -0.2) is 8.78 Å². The molecular formula is C18H16F2O. The molecule has 0 radical (unpaired) electrons. The summed E-state index contributed by atoms with van der Waals surface area (Å²) in [6.07, 6.45) is 6.34. The van der Waals surface area contributed by atoms with Crippen molar-refractivity contribution in [1.82, 2.24) is 0 Å². The van der Waals surface area contributed by atoms with E-state index in [9.17, 15) is 8.78 Å². The number of rotatable bonds is 5. The first-order chi connectivity index (χ1) is 10.2. The summed E-state index contributed by atoms with van der Waals surface area (Å²) < 4.78 is 30.9. The SMILES string of the molecule is CO/C(=C\C=C\Cc1ccc(F)cc1)c1ccc(F)cc1. The van der Waals surface area contributed by atoms with Gasteiger partial charge >= 0.3 is 0 Å². The second kappa shape index (κ2) is 7.39. The van der Waals surface area contributed by atoms with Crippen LogP contribution in [-0.2, 0) is 11.2 Å². The van der Waals surface area contributed by atoms with Crippen molar-refractivity contribution in [2.75, 3.05) is 7.11 Å². The van der Waals surface area contributed by atoms with Gasteiger partial charge < -0.3 is 4.74 Å². The molecule has 2 aromatic rings. The first-order valence-electron chi connectivity index (χ1n) is 6.60. The topological polar surface area (TPSA) is 9.23 Å². The quantitative estimate of drug-likeness (QED) is 0.569. The van der Waals surface area contributed by atoms with E-state index >= 15 is 0 Å². The largest absolute Gasteiger partial charge is 0.496 e. The predicted molar refractivity (Wildman–Crippen MR) is 80.6 cm³/mol. The number of benzene rings is 2. The fourth-order valence-electron chi connectivity index (χ4n) is 1.88. The fourth-order valence-corrected chi connectivity index (χ4v) is 1.88. The highest BCUT2D eigenvalue weighted by atomic mass is 19.1. The van der Waals surface area contributed by atoms with E-state index < -0.39 is 0 Å². The number of hydrogen-bond acceptors (Lipinski definition) is 1. The Morgan fingerprint density at radius 1 is 0.952 bits per heavy atom. The van der Waals surface area contributed by atoms with Gasteiger partial charge in [0, 0.05) is 5.56 Å². The molecule has 0 amide bonds. The van der Waals surface area contributed by atoms with E-state index in [1.807, 2.05) is 18.2 Å². The number of hydrogen-bond donors (Lipinski definition) is 0. The average molecular weight is 286 g/mol. The Kier molecular flexibility index (Phi) is 5.27. The zero-order chi connectivity index (χ0) is 15.1. The van der Waals surface area contributed by atoms with Gasteiger partial charge in [0.1, 0.15) is 17.4 Å². The molecule has 0 N–H and O–H groups in total. The van der Waals surface area contributed by atoms with Crippen molar-refractivity contribution in [2.45, 2.75) is 6.42 Å². The summed E-state index contributed by atoms with van der Waals surface area (Å²) in [5, 5.41) is 0.